The molecule has 0 aliphatic carbocycles. The third-order valence-corrected chi connectivity index (χ3v) is 6.16. The Bertz CT molecular complexity index is 1040. The van der Waals surface area contributed by atoms with Gasteiger partial charge in [-0.15, -0.1) is 0 Å². The van der Waals surface area contributed by atoms with Crippen LogP contribution in [0.1, 0.15) is 25.0 Å². The van der Waals surface area contributed by atoms with Gasteiger partial charge in [-0.3, -0.25) is 0 Å². The number of halogens is 2. The van der Waals surface area contributed by atoms with E-state index >= 15 is 0 Å². The zero-order chi connectivity index (χ0) is 23.4. The van der Waals surface area contributed by atoms with Gasteiger partial charge in [0.05, 0.1) is 13.2 Å². The maximum Gasteiger partial charge on any atom is 0.163 e. The van der Waals surface area contributed by atoms with Crippen LogP contribution in [-0.2, 0) is 27.2 Å². The van der Waals surface area contributed by atoms with Crippen LogP contribution >= 0.6 is 23.2 Å². The first-order valence-electron chi connectivity index (χ1n) is 11.1. The van der Waals surface area contributed by atoms with Crippen LogP contribution in [0.3, 0.4) is 0 Å². The van der Waals surface area contributed by atoms with Gasteiger partial charge in [-0.2, -0.15) is 0 Å². The summed E-state index contributed by atoms with van der Waals surface area (Å²) < 4.78 is 18.2. The number of hydrogen-bond donors (Lipinski definition) is 1. The molecule has 0 amide bonds. The molecule has 174 valence electrons. The molecule has 6 heteroatoms. The summed E-state index contributed by atoms with van der Waals surface area (Å²) in [7, 11) is 0. The highest BCUT2D eigenvalue weighted by Crippen LogP contribution is 2.29. The van der Waals surface area contributed by atoms with Crippen LogP contribution in [0, 0.1) is 0 Å². The highest BCUT2D eigenvalue weighted by atomic mass is 35.5. The van der Waals surface area contributed by atoms with Crippen LogP contribution in [0.15, 0.2) is 72.8 Å². The van der Waals surface area contributed by atoms with Crippen LogP contribution in [0.25, 0.3) is 11.1 Å². The molecule has 3 unspecified atom stereocenters. The SMILES string of the molecule is CC1(C)OCC(C(OCc2ccccc2)C(N)Cc2ccc(-c3cc(Cl)cc(Cl)c3)cc2)O1. The largest absolute Gasteiger partial charge is 0.369 e. The van der Waals surface area contributed by atoms with Gasteiger partial charge in [0.25, 0.3) is 0 Å². The van der Waals surface area contributed by atoms with Crippen molar-refractivity contribution in [3.8, 4) is 11.1 Å². The zero-order valence-corrected chi connectivity index (χ0v) is 20.4. The summed E-state index contributed by atoms with van der Waals surface area (Å²) in [6.45, 7) is 4.74. The Kier molecular flexibility index (Phi) is 7.75. The van der Waals surface area contributed by atoms with Crippen molar-refractivity contribution >= 4 is 23.2 Å². The Morgan fingerprint density at radius 1 is 0.939 bits per heavy atom. The maximum atomic E-state index is 6.68. The molecule has 4 nitrogen and oxygen atoms in total. The predicted molar refractivity (Wildman–Crippen MR) is 134 cm³/mol. The van der Waals surface area contributed by atoms with Crippen LogP contribution in [0.4, 0.5) is 0 Å². The van der Waals surface area contributed by atoms with E-state index in [1.54, 1.807) is 6.07 Å². The van der Waals surface area contributed by atoms with Crippen molar-refractivity contribution in [3.05, 3.63) is 94.0 Å². The van der Waals surface area contributed by atoms with E-state index in [1.165, 1.54) is 0 Å². The van der Waals surface area contributed by atoms with Crippen molar-refractivity contribution in [2.24, 2.45) is 5.73 Å². The number of rotatable bonds is 8. The van der Waals surface area contributed by atoms with E-state index in [-0.39, 0.29) is 18.2 Å². The molecule has 3 atom stereocenters. The van der Waals surface area contributed by atoms with E-state index in [9.17, 15) is 0 Å². The average Bonchev–Trinajstić information content (AvgIpc) is 3.14. The van der Waals surface area contributed by atoms with Crippen LogP contribution in [0.2, 0.25) is 10.0 Å². The molecule has 0 bridgehead atoms. The molecule has 1 fully saturated rings. The molecule has 3 aromatic rings. The second kappa shape index (κ2) is 10.6. The minimum Gasteiger partial charge on any atom is -0.369 e. The van der Waals surface area contributed by atoms with E-state index in [0.717, 1.165) is 22.3 Å². The summed E-state index contributed by atoms with van der Waals surface area (Å²) in [4.78, 5) is 0. The Morgan fingerprint density at radius 3 is 2.21 bits per heavy atom. The third kappa shape index (κ3) is 6.57. The lowest BCUT2D eigenvalue weighted by molar-refractivity contribution is -0.160. The number of benzene rings is 3. The number of ether oxygens (including phenoxy) is 3. The van der Waals surface area contributed by atoms with Crippen molar-refractivity contribution in [1.29, 1.82) is 0 Å². The Balaban J connectivity index is 1.46. The first-order chi connectivity index (χ1) is 15.8. The molecular formula is C27H29Cl2NO3. The lowest BCUT2D eigenvalue weighted by Gasteiger charge is -2.29. The van der Waals surface area contributed by atoms with Crippen LogP contribution in [-0.4, -0.2) is 30.6 Å². The molecular weight excluding hydrogens is 457 g/mol. The molecule has 0 aromatic heterocycles. The van der Waals surface area contributed by atoms with Gasteiger partial charge in [0.15, 0.2) is 5.79 Å². The molecule has 0 spiro atoms. The molecule has 1 saturated heterocycles. The lowest BCUT2D eigenvalue weighted by Crippen LogP contribution is -2.47. The van der Waals surface area contributed by atoms with Crippen molar-refractivity contribution in [2.45, 2.75) is 50.9 Å². The first kappa shape index (κ1) is 24.2. The van der Waals surface area contributed by atoms with Gasteiger partial charge in [0.2, 0.25) is 0 Å². The predicted octanol–water partition coefficient (Wildman–Crippen LogP) is 6.27. The smallest absolute Gasteiger partial charge is 0.163 e. The molecule has 1 heterocycles. The molecule has 1 aliphatic heterocycles. The average molecular weight is 486 g/mol. The topological polar surface area (TPSA) is 53.7 Å². The molecule has 0 radical (unpaired) electrons. The minimum atomic E-state index is -0.640. The van der Waals surface area contributed by atoms with Gasteiger partial charge in [0, 0.05) is 16.1 Å². The lowest BCUT2D eigenvalue weighted by atomic mass is 9.96. The maximum absolute atomic E-state index is 6.68. The monoisotopic (exact) mass is 485 g/mol. The van der Waals surface area contributed by atoms with E-state index in [4.69, 9.17) is 43.1 Å². The van der Waals surface area contributed by atoms with E-state index in [2.05, 4.69) is 24.3 Å². The summed E-state index contributed by atoms with van der Waals surface area (Å²) in [5, 5.41) is 1.23. The second-order valence-corrected chi connectivity index (χ2v) is 9.72. The normalized spacial score (nSPS) is 19.4. The molecule has 3 aromatic carbocycles. The summed E-state index contributed by atoms with van der Waals surface area (Å²) in [5.41, 5.74) is 10.9. The van der Waals surface area contributed by atoms with E-state index in [0.29, 0.717) is 29.7 Å². The highest BCUT2D eigenvalue weighted by molar-refractivity contribution is 6.35. The van der Waals surface area contributed by atoms with Gasteiger partial charge in [-0.05, 0) is 60.7 Å². The Labute approximate surface area is 205 Å². The zero-order valence-electron chi connectivity index (χ0n) is 18.8. The van der Waals surface area contributed by atoms with Gasteiger partial charge in [-0.1, -0.05) is 77.8 Å². The van der Waals surface area contributed by atoms with Gasteiger partial charge in [-0.25, -0.2) is 0 Å². The molecule has 0 saturated carbocycles. The fourth-order valence-electron chi connectivity index (χ4n) is 4.09. The van der Waals surface area contributed by atoms with Crippen molar-refractivity contribution < 1.29 is 14.2 Å². The highest BCUT2D eigenvalue weighted by Gasteiger charge is 2.40. The third-order valence-electron chi connectivity index (χ3n) is 5.73. The van der Waals surface area contributed by atoms with Gasteiger partial charge in [0.1, 0.15) is 12.2 Å². The minimum absolute atomic E-state index is 0.230. The number of hydrogen-bond acceptors (Lipinski definition) is 4. The quantitative estimate of drug-likeness (QED) is 0.408. The summed E-state index contributed by atoms with van der Waals surface area (Å²) in [6.07, 6.45) is 0.112. The standard InChI is InChI=1S/C27H29Cl2NO3/c1-27(2)32-17-25(33-27)26(31-16-19-6-4-3-5-7-19)24(30)12-18-8-10-20(11-9-18)21-13-22(28)15-23(29)14-21/h3-11,13-15,24-26H,12,16-17,30H2,1-2H3. The van der Waals surface area contributed by atoms with Crippen molar-refractivity contribution in [3.63, 3.8) is 0 Å². The summed E-state index contributed by atoms with van der Waals surface area (Å²) in [6, 6.07) is 23.6. The molecule has 33 heavy (non-hydrogen) atoms. The molecule has 1 aliphatic rings. The van der Waals surface area contributed by atoms with Crippen LogP contribution < -0.4 is 5.73 Å². The van der Waals surface area contributed by atoms with Crippen LogP contribution in [0.5, 0.6) is 0 Å². The van der Waals surface area contributed by atoms with Crippen molar-refractivity contribution in [1.82, 2.24) is 0 Å². The molecule has 4 rings (SSSR count). The van der Waals surface area contributed by atoms with Crippen molar-refractivity contribution in [2.75, 3.05) is 6.61 Å². The van der Waals surface area contributed by atoms with E-state index < -0.39 is 5.79 Å². The van der Waals surface area contributed by atoms with E-state index in [1.807, 2.05) is 56.3 Å². The summed E-state index contributed by atoms with van der Waals surface area (Å²) in [5.74, 6) is -0.640. The molecule has 2 N–H and O–H groups in total. The first-order valence-corrected chi connectivity index (χ1v) is 11.8. The fraction of sp³-hybridized carbons (Fsp3) is 0.333. The van der Waals surface area contributed by atoms with Gasteiger partial charge < -0.3 is 19.9 Å². The Morgan fingerprint density at radius 2 is 1.61 bits per heavy atom. The van der Waals surface area contributed by atoms with Gasteiger partial charge >= 0.3 is 0 Å². The summed E-state index contributed by atoms with van der Waals surface area (Å²) >= 11 is 12.3. The fourth-order valence-corrected chi connectivity index (χ4v) is 4.62. The number of nitrogens with two attached hydrogens (primary N) is 1. The Hall–Kier alpha value is -1.92. The second-order valence-electron chi connectivity index (χ2n) is 8.85.